The second-order valence-electron chi connectivity index (χ2n) is 31.7. The summed E-state index contributed by atoms with van der Waals surface area (Å²) in [6.45, 7) is 6.13. The first-order valence-electron chi connectivity index (χ1n) is 42.6. The summed E-state index contributed by atoms with van der Waals surface area (Å²) in [5.41, 5.74) is 3.34. The Balaban J connectivity index is 0.000000162. The molecule has 16 rings (SSSR count). The van der Waals surface area contributed by atoms with E-state index in [0.717, 1.165) is 64.4 Å². The first kappa shape index (κ1) is 104. The fourth-order valence-corrected chi connectivity index (χ4v) is 15.6. The Kier molecular flexibility index (Phi) is 34.8. The number of ketones is 2. The molecule has 1 saturated heterocycles. The van der Waals surface area contributed by atoms with Crippen LogP contribution in [0.1, 0.15) is 130 Å². The zero-order valence-electron chi connectivity index (χ0n) is 74.8. The van der Waals surface area contributed by atoms with E-state index >= 15 is 0 Å². The first-order valence-corrected chi connectivity index (χ1v) is 44.5. The van der Waals surface area contributed by atoms with Crippen LogP contribution in [-0.2, 0) is 55.5 Å². The number of aromatic nitrogens is 8. The van der Waals surface area contributed by atoms with Crippen LogP contribution in [0.4, 0.5) is 26.3 Å². The number of likely N-dealkylation sites (tertiary alicyclic amines) is 1. The van der Waals surface area contributed by atoms with Gasteiger partial charge >= 0.3 is 18.0 Å². The van der Waals surface area contributed by atoms with Crippen LogP contribution < -0.4 is 70.4 Å². The molecule has 6 aromatic heterocycles. The topological polar surface area (TPSA) is 516 Å². The van der Waals surface area contributed by atoms with E-state index in [1.807, 2.05) is 32.2 Å². The number of benzene rings is 9. The molecular weight excluding hydrogens is 1860 g/mol. The van der Waals surface area contributed by atoms with Gasteiger partial charge in [0.15, 0.2) is 21.4 Å². The molecule has 1 fully saturated rings. The lowest BCUT2D eigenvalue weighted by Crippen LogP contribution is -2.32. The highest BCUT2D eigenvalue weighted by molar-refractivity contribution is 7.90. The molecule has 43 heteroatoms. The van der Waals surface area contributed by atoms with Gasteiger partial charge < -0.3 is 52.8 Å². The molecule has 730 valence electrons. The fraction of sp³-hybridized carbons (Fsp3) is 0.216. The van der Waals surface area contributed by atoms with E-state index in [2.05, 4.69) is 19.9 Å². The summed E-state index contributed by atoms with van der Waals surface area (Å²) < 4.78 is 120. The van der Waals surface area contributed by atoms with E-state index in [1.54, 1.807) is 99.2 Å². The first-order chi connectivity index (χ1) is 66.7. The molecule has 0 aliphatic carbocycles. The Morgan fingerprint density at radius 1 is 0.457 bits per heavy atom. The number of hydrogen-bond donors (Lipinski definition) is 12. The number of carbonyl (C=O) groups excluding carboxylic acids is 6. The highest BCUT2D eigenvalue weighted by Crippen LogP contribution is 2.37. The van der Waals surface area contributed by atoms with Crippen LogP contribution >= 0.6 is 0 Å². The Hall–Kier alpha value is -16.0. The van der Waals surface area contributed by atoms with Gasteiger partial charge in [-0.3, -0.25) is 82.9 Å². The highest BCUT2D eigenvalue weighted by atomic mass is 32.2. The SMILES string of the molecule is CC(C)n1ccc2ccc(C(=O)NO)cc2c1=O.CS(=O)(=O)c1ccccc1OCCn1ccc2ccc(C(=O)CO)cc2c1=O.Cn1c(=O)[nH]c2ccc(C(=O)NO)cc2c1=O.O=C(CO)c1ccc2c(=O)[nH]c(COc3ccccc3C(F)(F)F)nc2c1.O=C(NO)c1ccc2ccn(CCCN3CCCCC3)c(=O)c2c1.O=C(NO)c1ccc2ccn(Cc3ccccc3C(F)(F)F)c(=O)c2c1. The van der Waals surface area contributed by atoms with Crippen molar-refractivity contribution in [3.8, 4) is 11.5 Å². The monoisotopic (exact) mass is 1950 g/mol. The van der Waals surface area contributed by atoms with E-state index in [1.165, 1.54) is 163 Å². The highest BCUT2D eigenvalue weighted by Gasteiger charge is 2.35. The Morgan fingerprint density at radius 3 is 1.41 bits per heavy atom. The lowest BCUT2D eigenvalue weighted by molar-refractivity contribution is -0.139. The number of rotatable bonds is 23. The van der Waals surface area contributed by atoms with E-state index in [4.69, 9.17) is 40.5 Å². The van der Waals surface area contributed by atoms with Crippen molar-refractivity contribution >= 4 is 110 Å². The van der Waals surface area contributed by atoms with Gasteiger partial charge in [0.2, 0.25) is 0 Å². The number of aliphatic hydroxyl groups is 2. The molecule has 12 N–H and O–H groups in total. The maximum atomic E-state index is 13.1. The zero-order valence-corrected chi connectivity index (χ0v) is 75.7. The molecule has 1 aliphatic rings. The van der Waals surface area contributed by atoms with Crippen molar-refractivity contribution in [2.24, 2.45) is 7.05 Å². The molecule has 0 unspecified atom stereocenters. The normalized spacial score (nSPS) is 12.0. The number of alkyl halides is 6. The largest absolute Gasteiger partial charge is 0.490 e. The van der Waals surface area contributed by atoms with Crippen molar-refractivity contribution in [2.75, 3.05) is 45.7 Å². The number of aromatic amines is 2. The number of Topliss-reactive ketones (excluding diaryl/α,β-unsaturated/α-hetero) is 2. The van der Waals surface area contributed by atoms with Crippen molar-refractivity contribution in [3.05, 3.63) is 360 Å². The number of H-pyrrole nitrogens is 2. The van der Waals surface area contributed by atoms with Gasteiger partial charge in [-0.05, 0) is 207 Å². The number of aryl methyl sites for hydroxylation is 1. The number of carbonyl (C=O) groups is 6. The summed E-state index contributed by atoms with van der Waals surface area (Å²) in [7, 11) is -2.09. The number of nitrogens with zero attached hydrogens (tertiary/aromatic N) is 7. The third kappa shape index (κ3) is 26.0. The Bertz CT molecular complexity index is 7790. The standard InChI is InChI=1S/C20H19NO6S.C18H13F3N2O4.C18H13F3N2O3.C18H23N3O3.C13H14N2O3.C10H9N3O4/c1-28(25,26)19-5-3-2-4-18(19)27-11-10-21-9-8-14-6-7-15(17(23)13-22)12-16(14)20(21)24;19-18(20,21)12-3-1-2-4-15(12)27-9-16-22-13-7-10(14(25)8-24)5-6-11(13)17(26)23-16;19-18(20,21)15-4-2-1-3-13(15)10-23-8-7-11-5-6-12(16(24)22-26)9-14(11)17(23)25;22-17(19-24)15-6-5-14-7-12-21(18(23)16(14)13-15)11-4-10-20-8-2-1-3-9-20;1-8(2)15-6-5-9-3-4-10(12(16)14-18)7-11(9)13(15)17;1-13-9(15)6-4-5(8(14)12-17)2-3-7(6)11-10(13)16/h2-9,12,22H,10-11,13H2,1H3;1-7,24H,8-9H2,(H,22,23,26);1-9,26H,10H2,(H,22,24);5-7,12-13,24H,1-4,8-11H2,(H,19,22);3-8,18H,1-2H3,(H,14,16);2-4,17H,1H3,(H,11,16)(H,12,14). The second-order valence-corrected chi connectivity index (χ2v) is 33.7. The number of hydrogen-bond acceptors (Lipinski definition) is 25. The number of halogens is 6. The van der Waals surface area contributed by atoms with Gasteiger partial charge in [-0.25, -0.2) is 40.1 Å². The molecule has 1 aliphatic heterocycles. The third-order valence-electron chi connectivity index (χ3n) is 22.0. The number of fused-ring (bicyclic) bond motifs is 6. The summed E-state index contributed by atoms with van der Waals surface area (Å²) in [5, 5.41) is 57.1. The number of ether oxygens (including phenoxy) is 2. The minimum atomic E-state index is -4.58. The van der Waals surface area contributed by atoms with E-state index < -0.39 is 116 Å². The number of hydroxylamine groups is 4. The van der Waals surface area contributed by atoms with Crippen molar-refractivity contribution < 1.29 is 104 Å². The molecule has 0 radical (unpaired) electrons. The quantitative estimate of drug-likeness (QED) is 0.0122. The van der Waals surface area contributed by atoms with Crippen LogP contribution in [-0.4, -0.2) is 163 Å². The molecular formula is C97H91F6N13O23S. The van der Waals surface area contributed by atoms with Crippen LogP contribution in [0.25, 0.3) is 64.9 Å². The molecule has 36 nitrogen and oxygen atoms in total. The van der Waals surface area contributed by atoms with Crippen LogP contribution in [0.15, 0.2) is 270 Å². The zero-order chi connectivity index (χ0) is 102. The van der Waals surface area contributed by atoms with E-state index in [9.17, 15) is 97.1 Å². The van der Waals surface area contributed by atoms with Crippen LogP contribution in [0.5, 0.6) is 11.5 Å². The molecule has 4 amide bonds. The number of pyridine rings is 4. The minimum Gasteiger partial charge on any atom is -0.490 e. The molecule has 15 aromatic rings. The van der Waals surface area contributed by atoms with Crippen LogP contribution in [0, 0.1) is 0 Å². The summed E-state index contributed by atoms with van der Waals surface area (Å²) in [6.07, 6.45) is 3.36. The minimum absolute atomic E-state index is 0.00178. The molecule has 0 atom stereocenters. The van der Waals surface area contributed by atoms with Crippen molar-refractivity contribution in [1.82, 2.24) is 64.6 Å². The van der Waals surface area contributed by atoms with E-state index in [0.29, 0.717) is 39.0 Å². The van der Waals surface area contributed by atoms with Gasteiger partial charge in [0.1, 0.15) is 48.6 Å². The number of nitrogens with one attached hydrogen (secondary N) is 6. The van der Waals surface area contributed by atoms with Gasteiger partial charge in [0, 0.05) is 106 Å². The predicted octanol–water partition coefficient (Wildman–Crippen LogP) is 10.6. The second kappa shape index (κ2) is 46.7. The summed E-state index contributed by atoms with van der Waals surface area (Å²) in [6, 6.07) is 49.9. The Labute approximate surface area is 787 Å². The fourth-order valence-electron chi connectivity index (χ4n) is 14.8. The van der Waals surface area contributed by atoms with Gasteiger partial charge in [-0.1, -0.05) is 85.3 Å². The molecule has 7 heterocycles. The average molecular weight is 1950 g/mol. The van der Waals surface area contributed by atoms with E-state index in [-0.39, 0.29) is 120 Å². The predicted molar refractivity (Wildman–Crippen MR) is 502 cm³/mol. The average Bonchev–Trinajstić information content (AvgIpc) is 0.801. The van der Waals surface area contributed by atoms with Crippen molar-refractivity contribution in [2.45, 2.75) is 89.1 Å². The number of piperidine rings is 1. The summed E-state index contributed by atoms with van der Waals surface area (Å²) in [5.74, 6) is -3.92. The lowest BCUT2D eigenvalue weighted by atomic mass is 10.1. The van der Waals surface area contributed by atoms with Gasteiger partial charge in [-0.2, -0.15) is 26.3 Å². The number of sulfone groups is 1. The van der Waals surface area contributed by atoms with Crippen molar-refractivity contribution in [1.29, 1.82) is 0 Å². The number of para-hydroxylation sites is 2. The van der Waals surface area contributed by atoms with Crippen molar-refractivity contribution in [3.63, 3.8) is 0 Å². The molecule has 9 aromatic carbocycles. The van der Waals surface area contributed by atoms with Gasteiger partial charge in [-0.15, -0.1) is 0 Å². The summed E-state index contributed by atoms with van der Waals surface area (Å²) >= 11 is 0. The molecule has 0 bridgehead atoms. The third-order valence-corrected chi connectivity index (χ3v) is 23.2. The maximum absolute atomic E-state index is 13.1. The van der Waals surface area contributed by atoms with Crippen LogP contribution in [0.3, 0.4) is 0 Å². The molecule has 0 spiro atoms. The maximum Gasteiger partial charge on any atom is 0.419 e. The summed E-state index contributed by atoms with van der Waals surface area (Å²) in [4.78, 5) is 166. The number of aliphatic hydroxyl groups excluding tert-OH is 2. The lowest BCUT2D eigenvalue weighted by Gasteiger charge is -2.26. The van der Waals surface area contributed by atoms with Crippen LogP contribution in [0.2, 0.25) is 0 Å². The van der Waals surface area contributed by atoms with Gasteiger partial charge in [0.05, 0.1) is 46.0 Å². The molecule has 0 saturated carbocycles. The number of amides is 4. The van der Waals surface area contributed by atoms with Gasteiger partial charge in [0.25, 0.3) is 57.0 Å². The smallest absolute Gasteiger partial charge is 0.419 e. The molecule has 140 heavy (non-hydrogen) atoms. The Morgan fingerprint density at radius 2 is 0.893 bits per heavy atom.